The fourth-order valence-corrected chi connectivity index (χ4v) is 2.83. The molecule has 7 nitrogen and oxygen atoms in total. The Hall–Kier alpha value is -1.89. The van der Waals surface area contributed by atoms with E-state index in [4.69, 9.17) is 5.73 Å². The van der Waals surface area contributed by atoms with Crippen LogP contribution in [0.4, 0.5) is 11.8 Å². The summed E-state index contributed by atoms with van der Waals surface area (Å²) in [5, 5.41) is 13.2. The lowest BCUT2D eigenvalue weighted by molar-refractivity contribution is 0.155. The van der Waals surface area contributed by atoms with Gasteiger partial charge < -0.3 is 21.1 Å². The molecular weight excluding hydrogens is 256 g/mol. The molecule has 5 N–H and O–H groups in total. The highest BCUT2D eigenvalue weighted by Crippen LogP contribution is 2.35. The second-order valence-electron chi connectivity index (χ2n) is 5.78. The zero-order chi connectivity index (χ0) is 14.2. The molecular formula is C13H20N6O. The van der Waals surface area contributed by atoms with Gasteiger partial charge in [0.2, 0.25) is 5.95 Å². The summed E-state index contributed by atoms with van der Waals surface area (Å²) in [7, 11) is 0. The average Bonchev–Trinajstić information content (AvgIpc) is 2.90. The van der Waals surface area contributed by atoms with Crippen LogP contribution < -0.4 is 11.1 Å². The van der Waals surface area contributed by atoms with Crippen molar-refractivity contribution in [2.24, 2.45) is 5.92 Å². The molecule has 0 unspecified atom stereocenters. The number of aliphatic hydroxyl groups excluding tert-OH is 1. The van der Waals surface area contributed by atoms with Crippen LogP contribution in [0.1, 0.15) is 32.6 Å². The standard InChI is InChI=1S/C13H20N6O/c1-8-2-4-13(6-20,5-3-8)19-11-9-10(16-7-15-9)17-12(14)18-11/h7-8,20H,2-6H2,1H3,(H4,14,15,16,17,18,19). The molecule has 0 aromatic carbocycles. The lowest BCUT2D eigenvalue weighted by Crippen LogP contribution is -2.45. The number of hydrogen-bond acceptors (Lipinski definition) is 6. The maximum atomic E-state index is 9.82. The maximum absolute atomic E-state index is 9.82. The molecule has 1 aliphatic rings. The predicted octanol–water partition coefficient (Wildman–Crippen LogP) is 1.29. The minimum atomic E-state index is -0.328. The van der Waals surface area contributed by atoms with Gasteiger partial charge in [0.15, 0.2) is 11.5 Å². The van der Waals surface area contributed by atoms with Crippen LogP contribution in [0.5, 0.6) is 0 Å². The van der Waals surface area contributed by atoms with E-state index in [2.05, 4.69) is 32.2 Å². The van der Waals surface area contributed by atoms with Crippen LogP contribution in [0, 0.1) is 5.92 Å². The largest absolute Gasteiger partial charge is 0.394 e. The quantitative estimate of drug-likeness (QED) is 0.672. The van der Waals surface area contributed by atoms with Gasteiger partial charge in [0.1, 0.15) is 5.52 Å². The number of anilines is 2. The van der Waals surface area contributed by atoms with E-state index in [1.54, 1.807) is 6.33 Å². The van der Waals surface area contributed by atoms with Gasteiger partial charge in [0.25, 0.3) is 0 Å². The molecule has 0 spiro atoms. The maximum Gasteiger partial charge on any atom is 0.224 e. The fourth-order valence-electron chi connectivity index (χ4n) is 2.83. The fraction of sp³-hybridized carbons (Fsp3) is 0.615. The Kier molecular flexibility index (Phi) is 3.21. The average molecular weight is 276 g/mol. The van der Waals surface area contributed by atoms with Crippen molar-refractivity contribution in [1.82, 2.24) is 19.9 Å². The van der Waals surface area contributed by atoms with Crippen molar-refractivity contribution in [1.29, 1.82) is 0 Å². The van der Waals surface area contributed by atoms with Crippen molar-refractivity contribution in [2.75, 3.05) is 17.7 Å². The molecule has 0 saturated heterocycles. The van der Waals surface area contributed by atoms with Crippen LogP contribution >= 0.6 is 0 Å². The van der Waals surface area contributed by atoms with Gasteiger partial charge in [-0.3, -0.25) is 0 Å². The minimum Gasteiger partial charge on any atom is -0.394 e. The third kappa shape index (κ3) is 2.29. The van der Waals surface area contributed by atoms with E-state index in [0.717, 1.165) is 31.2 Å². The SMILES string of the molecule is CC1CCC(CO)(Nc2nc(N)nc3nc[nH]c23)CC1. The molecule has 3 rings (SSSR count). The van der Waals surface area contributed by atoms with E-state index in [1.165, 1.54) is 0 Å². The smallest absolute Gasteiger partial charge is 0.224 e. The Morgan fingerprint density at radius 3 is 2.90 bits per heavy atom. The second-order valence-corrected chi connectivity index (χ2v) is 5.78. The van der Waals surface area contributed by atoms with Crippen molar-refractivity contribution in [3.05, 3.63) is 6.33 Å². The molecule has 0 amide bonds. The molecule has 1 fully saturated rings. The van der Waals surface area contributed by atoms with Crippen molar-refractivity contribution in [2.45, 2.75) is 38.1 Å². The van der Waals surface area contributed by atoms with Gasteiger partial charge in [0, 0.05) is 0 Å². The second kappa shape index (κ2) is 4.90. The van der Waals surface area contributed by atoms with E-state index < -0.39 is 0 Å². The number of aliphatic hydroxyl groups is 1. The van der Waals surface area contributed by atoms with E-state index in [9.17, 15) is 5.11 Å². The van der Waals surface area contributed by atoms with E-state index in [1.807, 2.05) is 0 Å². The Labute approximate surface area is 117 Å². The van der Waals surface area contributed by atoms with Crippen LogP contribution in [-0.2, 0) is 0 Å². The molecule has 20 heavy (non-hydrogen) atoms. The van der Waals surface area contributed by atoms with Gasteiger partial charge in [-0.15, -0.1) is 0 Å². The monoisotopic (exact) mass is 276 g/mol. The summed E-state index contributed by atoms with van der Waals surface area (Å²) < 4.78 is 0. The van der Waals surface area contributed by atoms with Crippen LogP contribution in [0.15, 0.2) is 6.33 Å². The van der Waals surface area contributed by atoms with Crippen LogP contribution in [0.2, 0.25) is 0 Å². The van der Waals surface area contributed by atoms with Crippen LogP contribution in [-0.4, -0.2) is 37.2 Å². The first kappa shape index (κ1) is 13.1. The lowest BCUT2D eigenvalue weighted by atomic mass is 9.77. The predicted molar refractivity (Wildman–Crippen MR) is 77.2 cm³/mol. The summed E-state index contributed by atoms with van der Waals surface area (Å²) in [6, 6.07) is 0. The van der Waals surface area contributed by atoms with Crippen molar-refractivity contribution < 1.29 is 5.11 Å². The third-order valence-corrected chi connectivity index (χ3v) is 4.22. The molecule has 2 aromatic heterocycles. The number of nitrogens with one attached hydrogen (secondary N) is 2. The first-order valence-electron chi connectivity index (χ1n) is 6.97. The Morgan fingerprint density at radius 2 is 2.20 bits per heavy atom. The van der Waals surface area contributed by atoms with Crippen LogP contribution in [0.25, 0.3) is 11.2 Å². The van der Waals surface area contributed by atoms with Gasteiger partial charge in [-0.25, -0.2) is 4.98 Å². The molecule has 0 aliphatic heterocycles. The molecule has 1 saturated carbocycles. The zero-order valence-electron chi connectivity index (χ0n) is 11.6. The Balaban J connectivity index is 1.93. The number of imidazole rings is 1. The van der Waals surface area contributed by atoms with E-state index in [0.29, 0.717) is 17.4 Å². The Morgan fingerprint density at radius 1 is 1.45 bits per heavy atom. The summed E-state index contributed by atoms with van der Waals surface area (Å²) in [6.07, 6.45) is 5.60. The number of nitrogen functional groups attached to an aromatic ring is 1. The summed E-state index contributed by atoms with van der Waals surface area (Å²) in [4.78, 5) is 15.4. The first-order valence-corrected chi connectivity index (χ1v) is 6.97. The summed E-state index contributed by atoms with van der Waals surface area (Å²) >= 11 is 0. The number of aromatic amines is 1. The number of aromatic nitrogens is 4. The molecule has 108 valence electrons. The Bertz CT molecular complexity index is 602. The molecule has 0 radical (unpaired) electrons. The molecule has 0 bridgehead atoms. The summed E-state index contributed by atoms with van der Waals surface area (Å²) in [5.41, 5.74) is 6.66. The number of H-pyrrole nitrogens is 1. The molecule has 0 atom stereocenters. The van der Waals surface area contributed by atoms with Gasteiger partial charge in [-0.05, 0) is 31.6 Å². The normalized spacial score (nSPS) is 26.8. The van der Waals surface area contributed by atoms with Gasteiger partial charge in [-0.1, -0.05) is 6.92 Å². The van der Waals surface area contributed by atoms with E-state index in [-0.39, 0.29) is 18.1 Å². The van der Waals surface area contributed by atoms with Gasteiger partial charge >= 0.3 is 0 Å². The third-order valence-electron chi connectivity index (χ3n) is 4.22. The zero-order valence-corrected chi connectivity index (χ0v) is 11.6. The summed E-state index contributed by atoms with van der Waals surface area (Å²) in [6.45, 7) is 2.33. The number of rotatable bonds is 3. The number of fused-ring (bicyclic) bond motifs is 1. The highest BCUT2D eigenvalue weighted by Gasteiger charge is 2.34. The number of nitrogens with zero attached hydrogens (tertiary/aromatic N) is 3. The molecule has 7 heteroatoms. The highest BCUT2D eigenvalue weighted by atomic mass is 16.3. The molecule has 2 aromatic rings. The topological polar surface area (TPSA) is 113 Å². The van der Waals surface area contributed by atoms with Crippen molar-refractivity contribution >= 4 is 22.9 Å². The van der Waals surface area contributed by atoms with Crippen molar-refractivity contribution in [3.63, 3.8) is 0 Å². The minimum absolute atomic E-state index is 0.0826. The van der Waals surface area contributed by atoms with Gasteiger partial charge in [-0.2, -0.15) is 9.97 Å². The van der Waals surface area contributed by atoms with Gasteiger partial charge in [0.05, 0.1) is 18.5 Å². The van der Waals surface area contributed by atoms with Crippen molar-refractivity contribution in [3.8, 4) is 0 Å². The highest BCUT2D eigenvalue weighted by molar-refractivity contribution is 5.83. The lowest BCUT2D eigenvalue weighted by Gasteiger charge is -2.39. The number of hydrogen-bond donors (Lipinski definition) is 4. The summed E-state index contributed by atoms with van der Waals surface area (Å²) in [5.74, 6) is 1.51. The molecule has 1 aliphatic carbocycles. The molecule has 2 heterocycles. The van der Waals surface area contributed by atoms with Crippen LogP contribution in [0.3, 0.4) is 0 Å². The number of nitrogens with two attached hydrogens (primary N) is 1. The van der Waals surface area contributed by atoms with E-state index >= 15 is 0 Å². The first-order chi connectivity index (χ1) is 9.62.